The number of hydroxylamine groups is 2. The van der Waals surface area contributed by atoms with Gasteiger partial charge in [0.15, 0.2) is 10.8 Å². The fraction of sp³-hybridized carbons (Fsp3) is 0.321. The van der Waals surface area contributed by atoms with Crippen molar-refractivity contribution in [2.75, 3.05) is 25.4 Å². The van der Waals surface area contributed by atoms with E-state index in [-0.39, 0.29) is 41.4 Å². The Morgan fingerprint density at radius 3 is 2.28 bits per heavy atom. The third-order valence-electron chi connectivity index (χ3n) is 7.14. The Labute approximate surface area is 288 Å². The first kappa shape index (κ1) is 37.6. The number of oxime groups is 1. The lowest BCUT2D eigenvalue weighted by molar-refractivity contribution is -0.218. The third-order valence-corrected chi connectivity index (χ3v) is 8.15. The molecule has 20 nitrogen and oxygen atoms in total. The average Bonchev–Trinajstić information content (AvgIpc) is 3.51. The molecule has 3 amide bonds. The van der Waals surface area contributed by atoms with E-state index in [9.17, 15) is 32.7 Å². The number of amides is 3. The number of aliphatic carboxylic acids is 1. The van der Waals surface area contributed by atoms with Crippen LogP contribution in [0, 0.1) is 0 Å². The molecule has 0 bridgehead atoms. The number of aromatic nitrogens is 2. The number of carbonyl (C=O) groups excluding carboxylic acids is 3. The predicted octanol–water partition coefficient (Wildman–Crippen LogP) is -1.10. The minimum Gasteiger partial charge on any atom is -0.489 e. The second kappa shape index (κ2) is 15.5. The van der Waals surface area contributed by atoms with Crippen molar-refractivity contribution in [3.8, 4) is 16.9 Å². The molecule has 2 aromatic heterocycles. The van der Waals surface area contributed by atoms with Crippen molar-refractivity contribution in [3.05, 3.63) is 59.4 Å². The molecule has 4 rings (SSSR count). The first-order chi connectivity index (χ1) is 23.5. The predicted molar refractivity (Wildman–Crippen MR) is 176 cm³/mol. The van der Waals surface area contributed by atoms with Crippen LogP contribution < -0.4 is 32.6 Å². The summed E-state index contributed by atoms with van der Waals surface area (Å²) >= 11 is 0.938. The number of thiazole rings is 1. The lowest BCUT2D eigenvalue weighted by Crippen LogP contribution is -2.76. The summed E-state index contributed by atoms with van der Waals surface area (Å²) in [5.74, 6) is -3.70. The molecule has 0 saturated carbocycles. The molecule has 0 spiro atoms. The molecule has 1 aliphatic rings. The van der Waals surface area contributed by atoms with Gasteiger partial charge in [-0.2, -0.15) is 13.5 Å². The Balaban J connectivity index is 1.41. The number of hydrogen-bond acceptors (Lipinski definition) is 16. The number of anilines is 1. The molecule has 3 heterocycles. The van der Waals surface area contributed by atoms with Gasteiger partial charge >= 0.3 is 16.4 Å². The molecule has 10 N–H and O–H groups in total. The zero-order chi connectivity index (χ0) is 36.8. The lowest BCUT2D eigenvalue weighted by Gasteiger charge is -2.50. The van der Waals surface area contributed by atoms with Crippen LogP contribution in [0.4, 0.5) is 5.13 Å². The molecule has 50 heavy (non-hydrogen) atoms. The van der Waals surface area contributed by atoms with Crippen LogP contribution in [-0.2, 0) is 33.9 Å². The van der Waals surface area contributed by atoms with Gasteiger partial charge in [0.2, 0.25) is 0 Å². The maximum atomic E-state index is 13.2. The maximum absolute atomic E-state index is 13.2. The zero-order valence-electron chi connectivity index (χ0n) is 26.4. The van der Waals surface area contributed by atoms with Crippen molar-refractivity contribution < 1.29 is 51.1 Å². The summed E-state index contributed by atoms with van der Waals surface area (Å²) in [6.45, 7) is 2.51. The fourth-order valence-corrected chi connectivity index (χ4v) is 5.37. The van der Waals surface area contributed by atoms with Crippen LogP contribution in [0.1, 0.15) is 30.0 Å². The number of β-lactam (4-membered cyclic amide) rings is 1. The molecule has 2 atom stereocenters. The Bertz CT molecular complexity index is 1860. The van der Waals surface area contributed by atoms with Crippen LogP contribution in [0.3, 0.4) is 0 Å². The van der Waals surface area contributed by atoms with Crippen molar-refractivity contribution in [1.29, 1.82) is 0 Å². The van der Waals surface area contributed by atoms with Crippen LogP contribution in [-0.4, -0.2) is 106 Å². The number of ether oxygens (including phenoxy) is 1. The van der Waals surface area contributed by atoms with E-state index in [1.807, 2.05) is 0 Å². The fourth-order valence-electron chi connectivity index (χ4n) is 4.37. The van der Waals surface area contributed by atoms with E-state index in [4.69, 9.17) is 31.3 Å². The molecule has 1 aromatic carbocycles. The number of pyridine rings is 1. The van der Waals surface area contributed by atoms with Gasteiger partial charge in [-0.05, 0) is 37.6 Å². The summed E-state index contributed by atoms with van der Waals surface area (Å²) in [4.78, 5) is 63.4. The van der Waals surface area contributed by atoms with E-state index in [1.54, 1.807) is 36.4 Å². The van der Waals surface area contributed by atoms with Crippen LogP contribution in [0.5, 0.6) is 5.75 Å². The number of hydrogen-bond donors (Lipinski definition) is 7. The summed E-state index contributed by atoms with van der Waals surface area (Å²) in [5, 5.41) is 20.2. The van der Waals surface area contributed by atoms with Gasteiger partial charge in [-0.25, -0.2) is 9.78 Å². The van der Waals surface area contributed by atoms with Gasteiger partial charge in [-0.1, -0.05) is 23.4 Å². The number of nitrogens with one attached hydrogen (secondary N) is 2. The second-order valence-electron chi connectivity index (χ2n) is 11.0. The van der Waals surface area contributed by atoms with Crippen LogP contribution in [0.2, 0.25) is 0 Å². The highest BCUT2D eigenvalue weighted by molar-refractivity contribution is 7.80. The molecule has 1 unspecified atom stereocenters. The smallest absolute Gasteiger partial charge is 0.418 e. The van der Waals surface area contributed by atoms with Gasteiger partial charge < -0.3 is 42.5 Å². The van der Waals surface area contributed by atoms with Crippen molar-refractivity contribution in [2.24, 2.45) is 16.6 Å². The van der Waals surface area contributed by atoms with E-state index >= 15 is 0 Å². The summed E-state index contributed by atoms with van der Waals surface area (Å²) in [6.07, 6.45) is -0.221. The minimum atomic E-state index is -5.03. The summed E-state index contributed by atoms with van der Waals surface area (Å²) in [5.41, 5.74) is 16.3. The largest absolute Gasteiger partial charge is 0.489 e. The minimum absolute atomic E-state index is 0.0372. The van der Waals surface area contributed by atoms with Gasteiger partial charge in [0.25, 0.3) is 23.8 Å². The molecular formula is C28H33N9O11S2. The number of carboxylic acids is 1. The topological polar surface area (TPSA) is 314 Å². The molecule has 1 saturated heterocycles. The SMILES string of the molecule is CC1(C)[C@H](NC(=O)/C(=N\OC(COc2ccc(-c3ccc(C(=O)NC(CN)CN)nc3)cc2)C(=O)O)c2csc(N)n2)C(=O)N1OS(=O)(=O)O. The first-order valence-corrected chi connectivity index (χ1v) is 16.7. The van der Waals surface area contributed by atoms with Crippen molar-refractivity contribution in [3.63, 3.8) is 0 Å². The molecule has 22 heteroatoms. The van der Waals surface area contributed by atoms with E-state index in [0.717, 1.165) is 11.3 Å². The number of nitrogens with two attached hydrogens (primary N) is 3. The number of carbonyl (C=O) groups is 4. The number of rotatable bonds is 16. The van der Waals surface area contributed by atoms with E-state index < -0.39 is 64.1 Å². The highest BCUT2D eigenvalue weighted by Crippen LogP contribution is 2.33. The maximum Gasteiger partial charge on any atom is 0.418 e. The Morgan fingerprint density at radius 1 is 1.10 bits per heavy atom. The van der Waals surface area contributed by atoms with Crippen molar-refractivity contribution in [2.45, 2.75) is 37.6 Å². The molecule has 0 aliphatic carbocycles. The summed E-state index contributed by atoms with van der Waals surface area (Å²) in [6, 6.07) is 8.00. The van der Waals surface area contributed by atoms with Gasteiger partial charge in [0.05, 0.1) is 11.6 Å². The Kier molecular flexibility index (Phi) is 11.7. The number of carboxylic acid groups (broad SMARTS) is 1. The monoisotopic (exact) mass is 735 g/mol. The average molecular weight is 736 g/mol. The third kappa shape index (κ3) is 9.04. The van der Waals surface area contributed by atoms with Gasteiger partial charge in [-0.15, -0.1) is 15.6 Å². The molecule has 3 aromatic rings. The van der Waals surface area contributed by atoms with Crippen LogP contribution >= 0.6 is 11.3 Å². The standard InChI is InChI=1S/C28H33N9O11S2/c1-28(2)22(25(40)37(28)48-50(43,44)45)35-24(39)21(19-13-49-27(31)34-19)36-47-20(26(41)42)12-46-17-6-3-14(4-7-17)15-5-8-18(32-11-15)23(38)33-16(9-29)10-30/h3-8,11,13,16,20,22H,9-10,12,29-30H2,1-2H3,(H2,31,34)(H,33,38)(H,35,39)(H,41,42)(H,43,44,45)/b36-21-/t20?,22-/m1/s1. The second-order valence-corrected chi connectivity index (χ2v) is 12.9. The molecule has 0 radical (unpaired) electrons. The molecule has 1 fully saturated rings. The number of nitrogens with zero attached hydrogens (tertiary/aromatic N) is 4. The normalized spacial score (nSPS) is 16.4. The number of benzene rings is 1. The molecular weight excluding hydrogens is 702 g/mol. The summed E-state index contributed by atoms with van der Waals surface area (Å²) < 4.78 is 41.0. The molecule has 268 valence electrons. The zero-order valence-corrected chi connectivity index (χ0v) is 28.0. The van der Waals surface area contributed by atoms with Gasteiger partial charge in [0, 0.05) is 30.2 Å². The van der Waals surface area contributed by atoms with Crippen LogP contribution in [0.25, 0.3) is 11.1 Å². The first-order valence-electron chi connectivity index (χ1n) is 14.4. The highest BCUT2D eigenvalue weighted by atomic mass is 32.3. The summed E-state index contributed by atoms with van der Waals surface area (Å²) in [7, 11) is -5.03. The Hall–Kier alpha value is -5.26. The quantitative estimate of drug-likeness (QED) is 0.0397. The van der Waals surface area contributed by atoms with E-state index in [2.05, 4.69) is 30.0 Å². The van der Waals surface area contributed by atoms with Gasteiger partial charge in [-0.3, -0.25) is 23.9 Å². The highest BCUT2D eigenvalue weighted by Gasteiger charge is 2.58. The molecule has 1 aliphatic heterocycles. The van der Waals surface area contributed by atoms with E-state index in [0.29, 0.717) is 16.2 Å². The van der Waals surface area contributed by atoms with E-state index in [1.165, 1.54) is 25.4 Å². The van der Waals surface area contributed by atoms with Gasteiger partial charge in [0.1, 0.15) is 29.8 Å². The number of nitrogen functional groups attached to an aromatic ring is 1. The lowest BCUT2D eigenvalue weighted by atomic mass is 9.84. The Morgan fingerprint density at radius 2 is 1.76 bits per heavy atom. The van der Waals surface area contributed by atoms with Crippen molar-refractivity contribution in [1.82, 2.24) is 25.7 Å². The van der Waals surface area contributed by atoms with Crippen LogP contribution in [0.15, 0.2) is 53.1 Å². The van der Waals surface area contributed by atoms with Crippen molar-refractivity contribution >= 4 is 56.3 Å².